The van der Waals surface area contributed by atoms with Crippen LogP contribution in [-0.4, -0.2) is 42.3 Å². The van der Waals surface area contributed by atoms with Gasteiger partial charge in [-0.1, -0.05) is 36.4 Å². The fraction of sp³-hybridized carbons (Fsp3) is 0.381. The first-order valence-corrected chi connectivity index (χ1v) is 9.57. The predicted molar refractivity (Wildman–Crippen MR) is 106 cm³/mol. The summed E-state index contributed by atoms with van der Waals surface area (Å²) in [7, 11) is 0. The van der Waals surface area contributed by atoms with Crippen molar-refractivity contribution in [2.45, 2.75) is 39.0 Å². The normalized spacial score (nSPS) is 18.3. The highest BCUT2D eigenvalue weighted by Gasteiger charge is 2.40. The first kappa shape index (κ1) is 20.6. The van der Waals surface area contributed by atoms with Crippen molar-refractivity contribution in [3.63, 3.8) is 0 Å². The van der Waals surface area contributed by atoms with Crippen LogP contribution in [0.15, 0.2) is 48.5 Å². The minimum Gasteiger partial charge on any atom is -0.464 e. The van der Waals surface area contributed by atoms with Crippen LogP contribution in [-0.2, 0) is 25.7 Å². The summed E-state index contributed by atoms with van der Waals surface area (Å²) in [6.07, 6.45) is -0.582. The molecule has 0 saturated carbocycles. The smallest absolute Gasteiger partial charge is 0.407 e. The molecular weight excluding hydrogens is 374 g/mol. The number of aromatic nitrogens is 1. The molecular formula is C21H25N3O5. The lowest BCUT2D eigenvalue weighted by Crippen LogP contribution is -2.37. The van der Waals surface area contributed by atoms with Crippen molar-refractivity contribution in [3.8, 4) is 0 Å². The van der Waals surface area contributed by atoms with Crippen LogP contribution in [0, 0.1) is 6.92 Å². The van der Waals surface area contributed by atoms with Gasteiger partial charge in [0.2, 0.25) is 0 Å². The summed E-state index contributed by atoms with van der Waals surface area (Å²) in [5.74, 6) is 0.141. The molecule has 0 radical (unpaired) electrons. The molecule has 0 spiro atoms. The number of rotatable bonds is 7. The van der Waals surface area contributed by atoms with E-state index in [0.29, 0.717) is 12.2 Å². The number of amides is 1. The molecule has 1 aliphatic rings. The zero-order chi connectivity index (χ0) is 20.6. The predicted octanol–water partition coefficient (Wildman–Crippen LogP) is 2.76. The Morgan fingerprint density at radius 3 is 2.69 bits per heavy atom. The van der Waals surface area contributed by atoms with E-state index < -0.39 is 18.2 Å². The Labute approximate surface area is 169 Å². The molecule has 29 heavy (non-hydrogen) atoms. The van der Waals surface area contributed by atoms with Crippen molar-refractivity contribution in [3.05, 3.63) is 59.8 Å². The van der Waals surface area contributed by atoms with E-state index in [1.165, 1.54) is 5.06 Å². The summed E-state index contributed by atoms with van der Waals surface area (Å²) in [6, 6.07) is 14.3. The topological polar surface area (TPSA) is 90.0 Å². The summed E-state index contributed by atoms with van der Waals surface area (Å²) in [5.41, 5.74) is 1.71. The molecule has 2 heterocycles. The van der Waals surface area contributed by atoms with E-state index in [9.17, 15) is 9.59 Å². The Morgan fingerprint density at radius 2 is 1.97 bits per heavy atom. The number of pyridine rings is 1. The Balaban J connectivity index is 1.57. The molecule has 1 aromatic carbocycles. The Hall–Kier alpha value is -3.13. The van der Waals surface area contributed by atoms with Crippen molar-refractivity contribution < 1.29 is 23.9 Å². The maximum atomic E-state index is 12.4. The highest BCUT2D eigenvalue weighted by molar-refractivity contribution is 5.79. The van der Waals surface area contributed by atoms with Gasteiger partial charge in [-0.25, -0.2) is 19.6 Å². The standard InChI is InChI=1S/C21H25N3O5/c1-3-27-20(25)18-12-17(29-24(18)19-11-7-8-15(2)23-19)13-22-21(26)28-14-16-9-5-4-6-10-16/h4-11,17-18H,3,12-14H2,1-2H3,(H,22,26)/t17-,18+/m1/s1. The van der Waals surface area contributed by atoms with Gasteiger partial charge in [0, 0.05) is 18.7 Å². The number of aryl methyl sites for hydroxylation is 1. The zero-order valence-corrected chi connectivity index (χ0v) is 16.5. The number of anilines is 1. The van der Waals surface area contributed by atoms with Crippen LogP contribution in [0.5, 0.6) is 0 Å². The third-order valence-corrected chi connectivity index (χ3v) is 4.38. The van der Waals surface area contributed by atoms with Crippen molar-refractivity contribution in [2.24, 2.45) is 0 Å². The Morgan fingerprint density at radius 1 is 1.17 bits per heavy atom. The number of carbonyl (C=O) groups excluding carboxylic acids is 2. The quantitative estimate of drug-likeness (QED) is 0.716. The summed E-state index contributed by atoms with van der Waals surface area (Å²) in [4.78, 5) is 34.7. The molecule has 1 N–H and O–H groups in total. The van der Waals surface area contributed by atoms with Crippen molar-refractivity contribution in [1.82, 2.24) is 10.3 Å². The molecule has 1 saturated heterocycles. The molecule has 3 rings (SSSR count). The monoisotopic (exact) mass is 399 g/mol. The number of nitrogens with zero attached hydrogens (tertiary/aromatic N) is 2. The van der Waals surface area contributed by atoms with E-state index >= 15 is 0 Å². The van der Waals surface area contributed by atoms with Gasteiger partial charge in [-0.2, -0.15) is 0 Å². The average molecular weight is 399 g/mol. The molecule has 8 heteroatoms. The fourth-order valence-electron chi connectivity index (χ4n) is 3.01. The summed E-state index contributed by atoms with van der Waals surface area (Å²) >= 11 is 0. The van der Waals surface area contributed by atoms with Gasteiger partial charge in [0.15, 0.2) is 11.9 Å². The van der Waals surface area contributed by atoms with Gasteiger partial charge in [0.05, 0.1) is 6.61 Å². The first-order chi connectivity index (χ1) is 14.1. The van der Waals surface area contributed by atoms with E-state index in [0.717, 1.165) is 11.3 Å². The third-order valence-electron chi connectivity index (χ3n) is 4.38. The summed E-state index contributed by atoms with van der Waals surface area (Å²) < 4.78 is 10.4. The maximum absolute atomic E-state index is 12.4. The fourth-order valence-corrected chi connectivity index (χ4v) is 3.01. The van der Waals surface area contributed by atoms with Crippen LogP contribution in [0.4, 0.5) is 10.6 Å². The highest BCUT2D eigenvalue weighted by Crippen LogP contribution is 2.27. The number of carbonyl (C=O) groups is 2. The van der Waals surface area contributed by atoms with E-state index in [2.05, 4.69) is 10.3 Å². The van der Waals surface area contributed by atoms with Gasteiger partial charge in [-0.05, 0) is 31.5 Å². The van der Waals surface area contributed by atoms with Crippen LogP contribution >= 0.6 is 0 Å². The lowest BCUT2D eigenvalue weighted by Gasteiger charge is -2.22. The number of ether oxygens (including phenoxy) is 2. The second kappa shape index (κ2) is 9.88. The molecule has 0 aliphatic carbocycles. The van der Waals surface area contributed by atoms with Crippen molar-refractivity contribution in [1.29, 1.82) is 0 Å². The molecule has 0 unspecified atom stereocenters. The van der Waals surface area contributed by atoms with Gasteiger partial charge < -0.3 is 14.8 Å². The molecule has 0 bridgehead atoms. The van der Waals surface area contributed by atoms with Gasteiger partial charge in [-0.3, -0.25) is 4.84 Å². The van der Waals surface area contributed by atoms with Crippen LogP contribution in [0.2, 0.25) is 0 Å². The largest absolute Gasteiger partial charge is 0.464 e. The van der Waals surface area contributed by atoms with Gasteiger partial charge in [0.25, 0.3) is 0 Å². The van der Waals surface area contributed by atoms with E-state index in [1.807, 2.05) is 49.4 Å². The number of benzene rings is 1. The maximum Gasteiger partial charge on any atom is 0.407 e. The van der Waals surface area contributed by atoms with Gasteiger partial charge >= 0.3 is 12.1 Å². The molecule has 2 aromatic rings. The number of hydrogen-bond acceptors (Lipinski definition) is 7. The van der Waals surface area contributed by atoms with Crippen LogP contribution < -0.4 is 10.4 Å². The second-order valence-corrected chi connectivity index (χ2v) is 6.64. The lowest BCUT2D eigenvalue weighted by atomic mass is 10.1. The Kier molecular flexibility index (Phi) is 7.02. The zero-order valence-electron chi connectivity index (χ0n) is 16.5. The number of esters is 1. The van der Waals surface area contributed by atoms with Crippen molar-refractivity contribution in [2.75, 3.05) is 18.2 Å². The number of hydroxylamine groups is 1. The average Bonchev–Trinajstić information content (AvgIpc) is 3.16. The van der Waals surface area contributed by atoms with Crippen molar-refractivity contribution >= 4 is 17.9 Å². The summed E-state index contributed by atoms with van der Waals surface area (Å²) in [5, 5.41) is 4.15. The molecule has 154 valence electrons. The van der Waals surface area contributed by atoms with Gasteiger partial charge in [-0.15, -0.1) is 0 Å². The van der Waals surface area contributed by atoms with Crippen LogP contribution in [0.1, 0.15) is 24.6 Å². The molecule has 1 aliphatic heterocycles. The molecule has 1 amide bonds. The molecule has 1 aromatic heterocycles. The van der Waals surface area contributed by atoms with E-state index in [4.69, 9.17) is 14.3 Å². The third kappa shape index (κ3) is 5.68. The molecule has 2 atom stereocenters. The minimum atomic E-state index is -0.628. The molecule has 8 nitrogen and oxygen atoms in total. The number of hydrogen-bond donors (Lipinski definition) is 1. The number of alkyl carbamates (subject to hydrolysis) is 1. The number of nitrogens with one attached hydrogen (secondary N) is 1. The lowest BCUT2D eigenvalue weighted by molar-refractivity contribution is -0.145. The van der Waals surface area contributed by atoms with Crippen LogP contribution in [0.25, 0.3) is 0 Å². The summed E-state index contributed by atoms with van der Waals surface area (Å²) in [6.45, 7) is 4.28. The minimum absolute atomic E-state index is 0.184. The highest BCUT2D eigenvalue weighted by atomic mass is 16.7. The second-order valence-electron chi connectivity index (χ2n) is 6.64. The van der Waals surface area contributed by atoms with Crippen LogP contribution in [0.3, 0.4) is 0 Å². The van der Waals surface area contributed by atoms with E-state index in [1.54, 1.807) is 13.0 Å². The SMILES string of the molecule is CCOC(=O)[C@@H]1C[C@H](CNC(=O)OCc2ccccc2)ON1c1cccc(C)n1. The molecule has 1 fully saturated rings. The first-order valence-electron chi connectivity index (χ1n) is 9.57. The van der Waals surface area contributed by atoms with E-state index in [-0.39, 0.29) is 25.7 Å². The van der Waals surface area contributed by atoms with Gasteiger partial charge in [0.1, 0.15) is 12.7 Å². The Bertz CT molecular complexity index is 830.